The van der Waals surface area contributed by atoms with E-state index in [1.807, 2.05) is 38.1 Å². The van der Waals surface area contributed by atoms with Gasteiger partial charge in [-0.3, -0.25) is 4.79 Å². The maximum atomic E-state index is 12.5. The highest BCUT2D eigenvalue weighted by Crippen LogP contribution is 2.21. The number of hydrogen-bond acceptors (Lipinski definition) is 4. The van der Waals surface area contributed by atoms with Crippen molar-refractivity contribution < 1.29 is 17.9 Å². The summed E-state index contributed by atoms with van der Waals surface area (Å²) in [6, 6.07) is 11.5. The molecule has 0 aliphatic rings. The van der Waals surface area contributed by atoms with Crippen LogP contribution in [-0.2, 0) is 21.4 Å². The molecule has 0 fully saturated rings. The molecule has 1 atom stereocenters. The van der Waals surface area contributed by atoms with Crippen LogP contribution < -0.4 is 14.8 Å². The molecule has 0 saturated heterocycles. The minimum Gasteiger partial charge on any atom is -0.494 e. The van der Waals surface area contributed by atoms with Gasteiger partial charge in [0.15, 0.2) is 0 Å². The molecule has 0 aliphatic heterocycles. The van der Waals surface area contributed by atoms with Crippen molar-refractivity contribution in [1.82, 2.24) is 10.0 Å². The van der Waals surface area contributed by atoms with E-state index in [0.29, 0.717) is 18.9 Å². The Morgan fingerprint density at radius 1 is 1.11 bits per heavy atom. The van der Waals surface area contributed by atoms with Crippen molar-refractivity contribution >= 4 is 15.9 Å². The Bertz CT molecular complexity index is 893. The standard InChI is InChI=1S/C20H26N2O4S/c1-5-26-19-11-10-18(12-15(19)3)27(24,25)22-16(4)20(23)21-13-17-8-6-14(2)7-9-17/h6-12,16,22H,5,13H2,1-4H3,(H,21,23)/t16-/m0/s1. The van der Waals surface area contributed by atoms with Crippen molar-refractivity contribution in [3.63, 3.8) is 0 Å². The molecule has 0 heterocycles. The van der Waals surface area contributed by atoms with Gasteiger partial charge in [-0.05, 0) is 57.0 Å². The third kappa shape index (κ3) is 5.80. The van der Waals surface area contributed by atoms with Gasteiger partial charge in [-0.2, -0.15) is 4.72 Å². The molecule has 0 bridgehead atoms. The largest absolute Gasteiger partial charge is 0.494 e. The van der Waals surface area contributed by atoms with Crippen molar-refractivity contribution in [2.45, 2.75) is 45.2 Å². The average molecular weight is 391 g/mol. The summed E-state index contributed by atoms with van der Waals surface area (Å²) in [5.74, 6) is 0.252. The molecule has 0 unspecified atom stereocenters. The fraction of sp³-hybridized carbons (Fsp3) is 0.350. The molecule has 146 valence electrons. The molecule has 6 nitrogen and oxygen atoms in total. The zero-order valence-electron chi connectivity index (χ0n) is 16.1. The Balaban J connectivity index is 2.00. The molecule has 1 amide bonds. The summed E-state index contributed by atoms with van der Waals surface area (Å²) in [6.07, 6.45) is 0. The second-order valence-electron chi connectivity index (χ2n) is 6.41. The minimum atomic E-state index is -3.81. The molecule has 0 aliphatic carbocycles. The highest BCUT2D eigenvalue weighted by Gasteiger charge is 2.22. The minimum absolute atomic E-state index is 0.0987. The van der Waals surface area contributed by atoms with Gasteiger partial charge in [-0.1, -0.05) is 29.8 Å². The Kier molecular flexibility index (Phi) is 6.98. The normalized spacial score (nSPS) is 12.4. The van der Waals surface area contributed by atoms with Gasteiger partial charge in [0.05, 0.1) is 17.5 Å². The SMILES string of the molecule is CCOc1ccc(S(=O)(=O)N[C@@H](C)C(=O)NCc2ccc(C)cc2)cc1C. The number of sulfonamides is 1. The van der Waals surface area contributed by atoms with Crippen molar-refractivity contribution in [2.75, 3.05) is 6.61 Å². The molecule has 0 spiro atoms. The maximum Gasteiger partial charge on any atom is 0.241 e. The lowest BCUT2D eigenvalue weighted by Gasteiger charge is -2.15. The first kappa shape index (κ1) is 20.9. The van der Waals surface area contributed by atoms with Crippen molar-refractivity contribution in [2.24, 2.45) is 0 Å². The summed E-state index contributed by atoms with van der Waals surface area (Å²) in [5, 5.41) is 2.74. The van der Waals surface area contributed by atoms with Gasteiger partial charge in [0.25, 0.3) is 0 Å². The third-order valence-corrected chi connectivity index (χ3v) is 5.61. The lowest BCUT2D eigenvalue weighted by atomic mass is 10.1. The number of carbonyl (C=O) groups is 1. The lowest BCUT2D eigenvalue weighted by Crippen LogP contribution is -2.44. The number of rotatable bonds is 8. The van der Waals surface area contributed by atoms with Gasteiger partial charge in [-0.15, -0.1) is 0 Å². The topological polar surface area (TPSA) is 84.5 Å². The van der Waals surface area contributed by atoms with Crippen LogP contribution in [0.1, 0.15) is 30.5 Å². The van der Waals surface area contributed by atoms with E-state index < -0.39 is 16.1 Å². The van der Waals surface area contributed by atoms with Crippen LogP contribution in [0.25, 0.3) is 0 Å². The number of hydrogen-bond donors (Lipinski definition) is 2. The van der Waals surface area contributed by atoms with E-state index in [9.17, 15) is 13.2 Å². The van der Waals surface area contributed by atoms with Crippen molar-refractivity contribution in [3.8, 4) is 5.75 Å². The maximum absolute atomic E-state index is 12.5. The monoisotopic (exact) mass is 390 g/mol. The predicted molar refractivity (Wildman–Crippen MR) is 105 cm³/mol. The summed E-state index contributed by atoms with van der Waals surface area (Å²) in [5.41, 5.74) is 2.80. The van der Waals surface area contributed by atoms with Crippen LogP contribution in [0.4, 0.5) is 0 Å². The third-order valence-electron chi connectivity index (χ3n) is 4.07. The Labute approximate surface area is 161 Å². The van der Waals surface area contributed by atoms with Crippen molar-refractivity contribution in [3.05, 3.63) is 59.2 Å². The number of amides is 1. The van der Waals surface area contributed by atoms with Gasteiger partial charge in [-0.25, -0.2) is 8.42 Å². The van der Waals surface area contributed by atoms with Gasteiger partial charge in [0, 0.05) is 6.54 Å². The zero-order chi connectivity index (χ0) is 20.0. The number of nitrogens with one attached hydrogen (secondary N) is 2. The highest BCUT2D eigenvalue weighted by atomic mass is 32.2. The fourth-order valence-corrected chi connectivity index (χ4v) is 3.80. The number of aryl methyl sites for hydroxylation is 2. The van der Waals surface area contributed by atoms with Crippen LogP contribution in [0.2, 0.25) is 0 Å². The first-order chi connectivity index (χ1) is 12.7. The summed E-state index contributed by atoms with van der Waals surface area (Å²) < 4.78 is 32.9. The molecule has 7 heteroatoms. The summed E-state index contributed by atoms with van der Waals surface area (Å²) >= 11 is 0. The van der Waals surface area contributed by atoms with Gasteiger partial charge >= 0.3 is 0 Å². The van der Waals surface area contributed by atoms with E-state index in [1.165, 1.54) is 19.1 Å². The molecule has 0 radical (unpaired) electrons. The second kappa shape index (κ2) is 9.01. The average Bonchev–Trinajstić information content (AvgIpc) is 2.62. The fourth-order valence-electron chi connectivity index (χ4n) is 2.51. The summed E-state index contributed by atoms with van der Waals surface area (Å²) in [7, 11) is -3.81. The molecular formula is C20H26N2O4S. The van der Waals surface area contributed by atoms with Gasteiger partial charge < -0.3 is 10.1 Å². The molecule has 2 N–H and O–H groups in total. The van der Waals surface area contributed by atoms with E-state index >= 15 is 0 Å². The van der Waals surface area contributed by atoms with Crippen LogP contribution in [0, 0.1) is 13.8 Å². The molecule has 2 aromatic rings. The van der Waals surface area contributed by atoms with Crippen LogP contribution >= 0.6 is 0 Å². The quantitative estimate of drug-likeness (QED) is 0.726. The van der Waals surface area contributed by atoms with Crippen LogP contribution in [0.3, 0.4) is 0 Å². The van der Waals surface area contributed by atoms with E-state index in [1.54, 1.807) is 13.0 Å². The van der Waals surface area contributed by atoms with Crippen LogP contribution in [0.15, 0.2) is 47.4 Å². The first-order valence-electron chi connectivity index (χ1n) is 8.82. The smallest absolute Gasteiger partial charge is 0.241 e. The zero-order valence-corrected chi connectivity index (χ0v) is 16.9. The number of benzene rings is 2. The van der Waals surface area contributed by atoms with Gasteiger partial charge in [0.2, 0.25) is 15.9 Å². The van der Waals surface area contributed by atoms with Crippen LogP contribution in [0.5, 0.6) is 5.75 Å². The van der Waals surface area contributed by atoms with E-state index in [0.717, 1.165) is 16.7 Å². The Hall–Kier alpha value is -2.38. The second-order valence-corrected chi connectivity index (χ2v) is 8.12. The Morgan fingerprint density at radius 3 is 2.37 bits per heavy atom. The van der Waals surface area contributed by atoms with Gasteiger partial charge in [0.1, 0.15) is 5.75 Å². The van der Waals surface area contributed by atoms with Crippen molar-refractivity contribution in [1.29, 1.82) is 0 Å². The van der Waals surface area contributed by atoms with E-state index in [-0.39, 0.29) is 10.8 Å². The molecule has 2 rings (SSSR count). The number of carbonyl (C=O) groups excluding carboxylic acids is 1. The van der Waals surface area contributed by atoms with Crippen LogP contribution in [-0.4, -0.2) is 27.0 Å². The summed E-state index contributed by atoms with van der Waals surface area (Å²) in [6.45, 7) is 7.99. The van der Waals surface area contributed by atoms with E-state index in [4.69, 9.17) is 4.74 Å². The number of ether oxygens (including phenoxy) is 1. The molecule has 2 aromatic carbocycles. The summed E-state index contributed by atoms with van der Waals surface area (Å²) in [4.78, 5) is 12.3. The molecule has 0 saturated carbocycles. The molecular weight excluding hydrogens is 364 g/mol. The highest BCUT2D eigenvalue weighted by molar-refractivity contribution is 7.89. The van der Waals surface area contributed by atoms with E-state index in [2.05, 4.69) is 10.0 Å². The first-order valence-corrected chi connectivity index (χ1v) is 10.3. The molecule has 0 aromatic heterocycles. The molecule has 27 heavy (non-hydrogen) atoms. The predicted octanol–water partition coefficient (Wildman–Crippen LogP) is 2.69. The lowest BCUT2D eigenvalue weighted by molar-refractivity contribution is -0.122. The Morgan fingerprint density at radius 2 is 1.78 bits per heavy atom.